The van der Waals surface area contributed by atoms with E-state index in [0.29, 0.717) is 5.41 Å². The first-order valence-corrected chi connectivity index (χ1v) is 7.04. The molecule has 0 heterocycles. The summed E-state index contributed by atoms with van der Waals surface area (Å²) in [6, 6.07) is 0. The van der Waals surface area contributed by atoms with Gasteiger partial charge in [0.15, 0.2) is 0 Å². The van der Waals surface area contributed by atoms with E-state index in [1.807, 2.05) is 0 Å². The summed E-state index contributed by atoms with van der Waals surface area (Å²) in [6.07, 6.45) is 11.4. The zero-order chi connectivity index (χ0) is 12.2. The molecule has 0 aliphatic heterocycles. The lowest BCUT2D eigenvalue weighted by molar-refractivity contribution is 0.200. The van der Waals surface area contributed by atoms with Gasteiger partial charge in [0.1, 0.15) is 0 Å². The van der Waals surface area contributed by atoms with Crippen LogP contribution < -0.4 is 0 Å². The molecule has 0 N–H and O–H groups in total. The van der Waals surface area contributed by atoms with Crippen LogP contribution in [0.25, 0.3) is 0 Å². The molecule has 0 bridgehead atoms. The van der Waals surface area contributed by atoms with Gasteiger partial charge in [-0.2, -0.15) is 0 Å². The first-order chi connectivity index (χ1) is 8.00. The van der Waals surface area contributed by atoms with Crippen molar-refractivity contribution in [2.45, 2.75) is 47.0 Å². The van der Waals surface area contributed by atoms with Crippen molar-refractivity contribution in [3.05, 3.63) is 34.9 Å². The van der Waals surface area contributed by atoms with Crippen molar-refractivity contribution in [3.63, 3.8) is 0 Å². The predicted octanol–water partition coefficient (Wildman–Crippen LogP) is 4.89. The fourth-order valence-corrected chi connectivity index (χ4v) is 4.35. The molecule has 17 heavy (non-hydrogen) atoms. The van der Waals surface area contributed by atoms with E-state index in [1.165, 1.54) is 19.3 Å². The molecule has 0 aromatic carbocycles. The number of rotatable bonds is 0. The molecule has 0 heteroatoms. The van der Waals surface area contributed by atoms with Gasteiger partial charge in [0.05, 0.1) is 0 Å². The van der Waals surface area contributed by atoms with E-state index < -0.39 is 0 Å². The van der Waals surface area contributed by atoms with Crippen molar-refractivity contribution in [3.8, 4) is 0 Å². The second kappa shape index (κ2) is 3.60. The first kappa shape index (κ1) is 11.3. The third kappa shape index (κ3) is 1.57. The highest BCUT2D eigenvalue weighted by Crippen LogP contribution is 2.60. The van der Waals surface area contributed by atoms with Gasteiger partial charge in [0.2, 0.25) is 0 Å². The van der Waals surface area contributed by atoms with Crippen LogP contribution in [0.4, 0.5) is 0 Å². The molecule has 0 saturated heterocycles. The van der Waals surface area contributed by atoms with Gasteiger partial charge in [-0.1, -0.05) is 48.8 Å². The van der Waals surface area contributed by atoms with Crippen molar-refractivity contribution in [2.75, 3.05) is 0 Å². The highest BCUT2D eigenvalue weighted by Gasteiger charge is 2.51. The number of hydrogen-bond acceptors (Lipinski definition) is 0. The summed E-state index contributed by atoms with van der Waals surface area (Å²) in [7, 11) is 0. The molecular weight excluding hydrogens is 204 g/mol. The van der Waals surface area contributed by atoms with Crippen LogP contribution in [-0.2, 0) is 0 Å². The van der Waals surface area contributed by atoms with Crippen LogP contribution in [0.3, 0.4) is 0 Å². The Bertz CT molecular complexity index is 431. The molecule has 0 nitrogen and oxygen atoms in total. The maximum Gasteiger partial charge on any atom is -0.0103 e. The van der Waals surface area contributed by atoms with Crippen molar-refractivity contribution < 1.29 is 0 Å². The zero-order valence-corrected chi connectivity index (χ0v) is 11.6. The molecule has 92 valence electrons. The van der Waals surface area contributed by atoms with Crippen molar-refractivity contribution >= 4 is 0 Å². The van der Waals surface area contributed by atoms with E-state index in [4.69, 9.17) is 0 Å². The van der Waals surface area contributed by atoms with Gasteiger partial charge in [-0.3, -0.25) is 0 Å². The number of hydrogen-bond donors (Lipinski definition) is 0. The highest BCUT2D eigenvalue weighted by molar-refractivity contribution is 5.37. The van der Waals surface area contributed by atoms with E-state index >= 15 is 0 Å². The summed E-state index contributed by atoms with van der Waals surface area (Å²) in [5.74, 6) is 2.42. The highest BCUT2D eigenvalue weighted by atomic mass is 14.6. The molecule has 3 rings (SSSR count). The van der Waals surface area contributed by atoms with E-state index in [0.717, 1.165) is 17.8 Å². The molecule has 0 aromatic rings. The first-order valence-electron chi connectivity index (χ1n) is 7.04. The van der Waals surface area contributed by atoms with Gasteiger partial charge in [-0.05, 0) is 56.3 Å². The van der Waals surface area contributed by atoms with E-state index in [2.05, 4.69) is 45.9 Å². The SMILES string of the molecule is CC1=CC2C(CC1)C1=CC=C(C)CC1C2(C)C. The standard InChI is InChI=1S/C17H24/c1-11-5-7-13-14-8-6-12(2)10-16(14)17(3,4)15(13)9-11/h5,7,10,14-16H,6,8-9H2,1-4H3. The lowest BCUT2D eigenvalue weighted by Crippen LogP contribution is -2.27. The number of allylic oxidation sites excluding steroid dienone is 6. The van der Waals surface area contributed by atoms with Gasteiger partial charge in [-0.25, -0.2) is 0 Å². The molecule has 0 amide bonds. The van der Waals surface area contributed by atoms with Gasteiger partial charge in [0.25, 0.3) is 0 Å². The van der Waals surface area contributed by atoms with Gasteiger partial charge in [-0.15, -0.1) is 0 Å². The molecule has 1 saturated carbocycles. The Morgan fingerprint density at radius 3 is 2.65 bits per heavy atom. The Balaban J connectivity index is 2.05. The Morgan fingerprint density at radius 2 is 1.88 bits per heavy atom. The van der Waals surface area contributed by atoms with E-state index in [-0.39, 0.29) is 0 Å². The molecule has 3 aliphatic carbocycles. The minimum Gasteiger partial charge on any atom is -0.0813 e. The van der Waals surface area contributed by atoms with Crippen LogP contribution >= 0.6 is 0 Å². The molecule has 3 atom stereocenters. The van der Waals surface area contributed by atoms with Crippen LogP contribution in [0, 0.1) is 23.2 Å². The topological polar surface area (TPSA) is 0 Å². The largest absolute Gasteiger partial charge is 0.0813 e. The molecule has 0 radical (unpaired) electrons. The van der Waals surface area contributed by atoms with E-state index in [9.17, 15) is 0 Å². The summed E-state index contributed by atoms with van der Waals surface area (Å²) in [6.45, 7) is 9.58. The zero-order valence-electron chi connectivity index (χ0n) is 11.6. The van der Waals surface area contributed by atoms with Gasteiger partial charge >= 0.3 is 0 Å². The summed E-state index contributed by atoms with van der Waals surface area (Å²) >= 11 is 0. The second-order valence-corrected chi connectivity index (χ2v) is 6.94. The predicted molar refractivity (Wildman–Crippen MR) is 73.7 cm³/mol. The molecule has 0 spiro atoms. The summed E-state index contributed by atoms with van der Waals surface area (Å²) in [5, 5.41) is 0. The van der Waals surface area contributed by atoms with Crippen LogP contribution in [0.5, 0.6) is 0 Å². The van der Waals surface area contributed by atoms with Crippen molar-refractivity contribution in [2.24, 2.45) is 23.2 Å². The second-order valence-electron chi connectivity index (χ2n) is 6.94. The molecule has 3 aliphatic rings. The third-order valence-electron chi connectivity index (χ3n) is 5.42. The summed E-state index contributed by atoms with van der Waals surface area (Å²) in [4.78, 5) is 0. The normalized spacial score (nSPS) is 38.8. The fraction of sp³-hybridized carbons (Fsp3) is 0.647. The lowest BCUT2D eigenvalue weighted by Gasteiger charge is -2.35. The summed E-state index contributed by atoms with van der Waals surface area (Å²) in [5.41, 5.74) is 5.39. The average molecular weight is 228 g/mol. The van der Waals surface area contributed by atoms with Crippen molar-refractivity contribution in [1.29, 1.82) is 0 Å². The van der Waals surface area contributed by atoms with Crippen LogP contribution in [-0.4, -0.2) is 0 Å². The van der Waals surface area contributed by atoms with Gasteiger partial charge < -0.3 is 0 Å². The maximum absolute atomic E-state index is 2.59. The summed E-state index contributed by atoms with van der Waals surface area (Å²) < 4.78 is 0. The average Bonchev–Trinajstić information content (AvgIpc) is 2.49. The Hall–Kier alpha value is -0.780. The van der Waals surface area contributed by atoms with Crippen LogP contribution in [0.2, 0.25) is 0 Å². The van der Waals surface area contributed by atoms with Crippen molar-refractivity contribution in [1.82, 2.24) is 0 Å². The molecular formula is C17H24. The smallest absolute Gasteiger partial charge is 0.0103 e. The van der Waals surface area contributed by atoms with Crippen LogP contribution in [0.15, 0.2) is 34.9 Å². The molecule has 3 unspecified atom stereocenters. The fourth-order valence-electron chi connectivity index (χ4n) is 4.35. The lowest BCUT2D eigenvalue weighted by atomic mass is 9.70. The monoisotopic (exact) mass is 228 g/mol. The minimum absolute atomic E-state index is 0.452. The number of fused-ring (bicyclic) bond motifs is 3. The quantitative estimate of drug-likeness (QED) is 0.518. The van der Waals surface area contributed by atoms with Gasteiger partial charge in [0, 0.05) is 0 Å². The molecule has 1 fully saturated rings. The minimum atomic E-state index is 0.452. The Labute approximate surface area is 105 Å². The Kier molecular flexibility index (Phi) is 2.40. The van der Waals surface area contributed by atoms with Crippen LogP contribution in [0.1, 0.15) is 47.0 Å². The Morgan fingerprint density at radius 1 is 1.12 bits per heavy atom. The third-order valence-corrected chi connectivity index (χ3v) is 5.42. The maximum atomic E-state index is 2.59. The molecule has 0 aromatic heterocycles. The van der Waals surface area contributed by atoms with E-state index in [1.54, 1.807) is 16.7 Å².